The minimum Gasteiger partial charge on any atom is -0.481 e. The molecule has 1 aromatic heterocycles. The quantitative estimate of drug-likeness (QED) is 0.857. The molecule has 1 amide bonds. The number of carboxylic acid groups (broad SMARTS) is 1. The number of hydrogen-bond donors (Lipinski definition) is 2. The smallest absolute Gasteiger partial charge is 0.307 e. The zero-order valence-corrected chi connectivity index (χ0v) is 14.1. The van der Waals surface area contributed by atoms with Gasteiger partial charge in [-0.3, -0.25) is 9.59 Å². The number of thiazole rings is 1. The van der Waals surface area contributed by atoms with Gasteiger partial charge in [0.2, 0.25) is 0 Å². The van der Waals surface area contributed by atoms with Gasteiger partial charge in [0.25, 0.3) is 5.91 Å². The summed E-state index contributed by atoms with van der Waals surface area (Å²) in [5.74, 6) is -0.735. The molecule has 0 saturated heterocycles. The number of carbonyl (C=O) groups is 2. The molecule has 2 N–H and O–H groups in total. The number of aliphatic carboxylic acids is 1. The van der Waals surface area contributed by atoms with Crippen LogP contribution in [0.15, 0.2) is 29.6 Å². The Labute approximate surface area is 144 Å². The predicted octanol–water partition coefficient (Wildman–Crippen LogP) is 4.07. The largest absolute Gasteiger partial charge is 0.481 e. The maximum atomic E-state index is 12.4. The maximum Gasteiger partial charge on any atom is 0.307 e. The highest BCUT2D eigenvalue weighted by Crippen LogP contribution is 2.34. The molecule has 1 saturated carbocycles. The topological polar surface area (TPSA) is 79.3 Å². The summed E-state index contributed by atoms with van der Waals surface area (Å²) in [6.45, 7) is 0. The lowest BCUT2D eigenvalue weighted by Crippen LogP contribution is -2.15. The van der Waals surface area contributed by atoms with Gasteiger partial charge in [-0.05, 0) is 24.5 Å². The van der Waals surface area contributed by atoms with Gasteiger partial charge in [-0.1, -0.05) is 37.5 Å². The SMILES string of the molecule is O=C(O)Cc1ccccc1NC(=O)c1csc(C2CCCCC2)n1. The standard InChI is InChI=1S/C18H20N2O3S/c21-16(22)10-13-8-4-5-9-14(13)19-17(23)15-11-24-18(20-15)12-6-2-1-3-7-12/h4-5,8-9,11-12H,1-3,6-7,10H2,(H,19,23)(H,21,22). The van der Waals surface area contributed by atoms with E-state index >= 15 is 0 Å². The first kappa shape index (κ1) is 16.6. The van der Waals surface area contributed by atoms with Crippen molar-refractivity contribution < 1.29 is 14.7 Å². The highest BCUT2D eigenvalue weighted by molar-refractivity contribution is 7.09. The summed E-state index contributed by atoms with van der Waals surface area (Å²) in [5.41, 5.74) is 1.52. The zero-order chi connectivity index (χ0) is 16.9. The summed E-state index contributed by atoms with van der Waals surface area (Å²) >= 11 is 1.54. The summed E-state index contributed by atoms with van der Waals surface area (Å²) in [7, 11) is 0. The number of amides is 1. The van der Waals surface area contributed by atoms with Crippen molar-refractivity contribution in [1.29, 1.82) is 0 Å². The van der Waals surface area contributed by atoms with E-state index in [9.17, 15) is 9.59 Å². The minimum absolute atomic E-state index is 0.124. The van der Waals surface area contributed by atoms with Gasteiger partial charge in [-0.2, -0.15) is 0 Å². The number of nitrogens with one attached hydrogen (secondary N) is 1. The lowest BCUT2D eigenvalue weighted by atomic mass is 9.90. The van der Waals surface area contributed by atoms with Crippen molar-refractivity contribution in [3.8, 4) is 0 Å². The summed E-state index contributed by atoms with van der Waals surface area (Å²) in [5, 5.41) is 14.6. The van der Waals surface area contributed by atoms with Crippen LogP contribution in [0.4, 0.5) is 5.69 Å². The first-order valence-electron chi connectivity index (χ1n) is 8.20. The number of benzene rings is 1. The van der Waals surface area contributed by atoms with Crippen molar-refractivity contribution in [3.63, 3.8) is 0 Å². The van der Waals surface area contributed by atoms with Gasteiger partial charge in [-0.25, -0.2) is 4.98 Å². The Morgan fingerprint density at radius 2 is 1.96 bits per heavy atom. The average Bonchev–Trinajstić information content (AvgIpc) is 3.07. The highest BCUT2D eigenvalue weighted by atomic mass is 32.1. The van der Waals surface area contributed by atoms with Crippen LogP contribution in [0.2, 0.25) is 0 Å². The molecule has 1 aliphatic rings. The number of anilines is 1. The second-order valence-corrected chi connectivity index (χ2v) is 6.98. The normalized spacial score (nSPS) is 15.2. The van der Waals surface area contributed by atoms with E-state index in [-0.39, 0.29) is 12.3 Å². The molecular weight excluding hydrogens is 324 g/mol. The lowest BCUT2D eigenvalue weighted by molar-refractivity contribution is -0.136. The Morgan fingerprint density at radius 1 is 1.21 bits per heavy atom. The summed E-state index contributed by atoms with van der Waals surface area (Å²) in [6, 6.07) is 6.95. The van der Waals surface area contributed by atoms with E-state index in [0.29, 0.717) is 22.9 Å². The molecular formula is C18H20N2O3S. The Bertz CT molecular complexity index is 735. The third-order valence-electron chi connectivity index (χ3n) is 4.32. The number of nitrogens with zero attached hydrogens (tertiary/aromatic N) is 1. The van der Waals surface area contributed by atoms with Crippen LogP contribution in [-0.4, -0.2) is 22.0 Å². The number of carboxylic acids is 1. The van der Waals surface area contributed by atoms with Crippen molar-refractivity contribution in [2.75, 3.05) is 5.32 Å². The number of rotatable bonds is 5. The number of para-hydroxylation sites is 1. The van der Waals surface area contributed by atoms with Crippen LogP contribution >= 0.6 is 11.3 Å². The maximum absolute atomic E-state index is 12.4. The molecule has 1 fully saturated rings. The molecule has 1 aliphatic carbocycles. The van der Waals surface area contributed by atoms with Gasteiger partial charge in [0.15, 0.2) is 0 Å². The molecule has 126 valence electrons. The molecule has 0 spiro atoms. The molecule has 6 heteroatoms. The first-order chi connectivity index (χ1) is 11.6. The van der Waals surface area contributed by atoms with Gasteiger partial charge in [-0.15, -0.1) is 11.3 Å². The number of aromatic nitrogens is 1. The molecule has 5 nitrogen and oxygen atoms in total. The van der Waals surface area contributed by atoms with Gasteiger partial charge in [0.05, 0.1) is 11.4 Å². The number of hydrogen-bond acceptors (Lipinski definition) is 4. The van der Waals surface area contributed by atoms with Crippen molar-refractivity contribution in [2.24, 2.45) is 0 Å². The molecule has 2 aromatic rings. The van der Waals surface area contributed by atoms with E-state index in [1.165, 1.54) is 19.3 Å². The lowest BCUT2D eigenvalue weighted by Gasteiger charge is -2.18. The van der Waals surface area contributed by atoms with Crippen LogP contribution in [0.1, 0.15) is 59.1 Å². The van der Waals surface area contributed by atoms with E-state index in [2.05, 4.69) is 10.3 Å². The van der Waals surface area contributed by atoms with Crippen LogP contribution in [-0.2, 0) is 11.2 Å². The van der Waals surface area contributed by atoms with Gasteiger partial charge in [0, 0.05) is 17.0 Å². The summed E-state index contributed by atoms with van der Waals surface area (Å²) < 4.78 is 0. The Hall–Kier alpha value is -2.21. The Balaban J connectivity index is 1.71. The fourth-order valence-corrected chi connectivity index (χ4v) is 4.05. The number of carbonyl (C=O) groups excluding carboxylic acids is 1. The zero-order valence-electron chi connectivity index (χ0n) is 13.3. The highest BCUT2D eigenvalue weighted by Gasteiger charge is 2.21. The van der Waals surface area contributed by atoms with E-state index in [1.807, 2.05) is 0 Å². The van der Waals surface area contributed by atoms with Crippen LogP contribution in [0.5, 0.6) is 0 Å². The van der Waals surface area contributed by atoms with E-state index < -0.39 is 5.97 Å². The van der Waals surface area contributed by atoms with Crippen molar-refractivity contribution in [2.45, 2.75) is 44.4 Å². The van der Waals surface area contributed by atoms with Crippen molar-refractivity contribution >= 4 is 28.9 Å². The van der Waals surface area contributed by atoms with Crippen LogP contribution in [0.25, 0.3) is 0 Å². The monoisotopic (exact) mass is 344 g/mol. The van der Waals surface area contributed by atoms with E-state index in [1.54, 1.807) is 41.0 Å². The van der Waals surface area contributed by atoms with E-state index in [0.717, 1.165) is 17.8 Å². The summed E-state index contributed by atoms with van der Waals surface area (Å²) in [6.07, 6.45) is 5.92. The van der Waals surface area contributed by atoms with Crippen LogP contribution < -0.4 is 5.32 Å². The second-order valence-electron chi connectivity index (χ2n) is 6.09. The second kappa shape index (κ2) is 7.57. The van der Waals surface area contributed by atoms with Crippen LogP contribution in [0, 0.1) is 0 Å². The Morgan fingerprint density at radius 3 is 2.71 bits per heavy atom. The minimum atomic E-state index is -0.926. The molecule has 1 heterocycles. The molecule has 0 aliphatic heterocycles. The third kappa shape index (κ3) is 4.00. The fourth-order valence-electron chi connectivity index (χ4n) is 3.07. The van der Waals surface area contributed by atoms with Crippen molar-refractivity contribution in [3.05, 3.63) is 45.9 Å². The van der Waals surface area contributed by atoms with Crippen LogP contribution in [0.3, 0.4) is 0 Å². The first-order valence-corrected chi connectivity index (χ1v) is 9.08. The molecule has 0 radical (unpaired) electrons. The van der Waals surface area contributed by atoms with E-state index in [4.69, 9.17) is 5.11 Å². The summed E-state index contributed by atoms with van der Waals surface area (Å²) in [4.78, 5) is 27.9. The molecule has 3 rings (SSSR count). The average molecular weight is 344 g/mol. The Kier molecular flexibility index (Phi) is 5.25. The molecule has 0 atom stereocenters. The third-order valence-corrected chi connectivity index (χ3v) is 5.32. The molecule has 1 aromatic carbocycles. The molecule has 0 bridgehead atoms. The fraction of sp³-hybridized carbons (Fsp3) is 0.389. The van der Waals surface area contributed by atoms with Crippen molar-refractivity contribution in [1.82, 2.24) is 4.98 Å². The van der Waals surface area contributed by atoms with Gasteiger partial charge >= 0.3 is 5.97 Å². The molecule has 0 unspecified atom stereocenters. The van der Waals surface area contributed by atoms with Gasteiger partial charge < -0.3 is 10.4 Å². The molecule has 24 heavy (non-hydrogen) atoms. The predicted molar refractivity (Wildman–Crippen MR) is 93.7 cm³/mol. The van der Waals surface area contributed by atoms with Gasteiger partial charge in [0.1, 0.15) is 5.69 Å².